The number of hydrogen-bond acceptors (Lipinski definition) is 8. The van der Waals surface area contributed by atoms with Crippen molar-refractivity contribution in [1.82, 2.24) is 25.2 Å². The zero-order valence-electron chi connectivity index (χ0n) is 18.3. The average Bonchev–Trinajstić information content (AvgIpc) is 3.59. The SMILES string of the molecule is Cc1cccc2sc(N(Cc3ccccc3)C(=O)CSc3nnnn3CC3CCCO3)nc12. The van der Waals surface area contributed by atoms with Crippen molar-refractivity contribution in [3.05, 3.63) is 59.7 Å². The molecule has 8 nitrogen and oxygen atoms in total. The maximum Gasteiger partial charge on any atom is 0.239 e. The van der Waals surface area contributed by atoms with E-state index in [0.29, 0.717) is 23.4 Å². The number of anilines is 1. The minimum Gasteiger partial charge on any atom is -0.376 e. The molecule has 10 heteroatoms. The fourth-order valence-corrected chi connectivity index (χ4v) is 5.64. The Bertz CT molecular complexity index is 1240. The predicted molar refractivity (Wildman–Crippen MR) is 130 cm³/mol. The van der Waals surface area contributed by atoms with Gasteiger partial charge in [0.15, 0.2) is 5.13 Å². The molecule has 1 fully saturated rings. The molecule has 0 aliphatic carbocycles. The highest BCUT2D eigenvalue weighted by Gasteiger charge is 2.23. The van der Waals surface area contributed by atoms with Gasteiger partial charge in [-0.05, 0) is 47.4 Å². The fraction of sp³-hybridized carbons (Fsp3) is 0.348. The minimum absolute atomic E-state index is 0.0350. The quantitative estimate of drug-likeness (QED) is 0.351. The second-order valence-corrected chi connectivity index (χ2v) is 9.90. The lowest BCUT2D eigenvalue weighted by atomic mass is 10.2. The highest BCUT2D eigenvalue weighted by molar-refractivity contribution is 7.99. The second kappa shape index (κ2) is 9.98. The number of hydrogen-bond donors (Lipinski definition) is 0. The number of ether oxygens (including phenoxy) is 1. The van der Waals surface area contributed by atoms with E-state index < -0.39 is 0 Å². The van der Waals surface area contributed by atoms with Crippen LogP contribution in [0.1, 0.15) is 24.0 Å². The van der Waals surface area contributed by atoms with E-state index in [1.54, 1.807) is 9.58 Å². The summed E-state index contributed by atoms with van der Waals surface area (Å²) in [6, 6.07) is 16.1. The lowest BCUT2D eigenvalue weighted by Crippen LogP contribution is -2.32. The van der Waals surface area contributed by atoms with Crippen LogP contribution in [-0.2, 0) is 22.6 Å². The Kier molecular flexibility index (Phi) is 6.65. The normalized spacial score (nSPS) is 15.8. The summed E-state index contributed by atoms with van der Waals surface area (Å²) in [7, 11) is 0. The van der Waals surface area contributed by atoms with E-state index in [1.165, 1.54) is 23.1 Å². The molecule has 170 valence electrons. The molecule has 2 aromatic heterocycles. The number of benzene rings is 2. The zero-order chi connectivity index (χ0) is 22.6. The number of tetrazole rings is 1. The first kappa shape index (κ1) is 22.0. The van der Waals surface area contributed by atoms with Gasteiger partial charge in [-0.25, -0.2) is 9.67 Å². The Labute approximate surface area is 200 Å². The summed E-state index contributed by atoms with van der Waals surface area (Å²) in [6.07, 6.45) is 2.19. The highest BCUT2D eigenvalue weighted by atomic mass is 32.2. The molecule has 2 aromatic carbocycles. The summed E-state index contributed by atoms with van der Waals surface area (Å²) >= 11 is 2.88. The summed E-state index contributed by atoms with van der Waals surface area (Å²) in [4.78, 5) is 20.0. The molecule has 3 heterocycles. The van der Waals surface area contributed by atoms with Gasteiger partial charge in [-0.1, -0.05) is 65.6 Å². The summed E-state index contributed by atoms with van der Waals surface area (Å²) in [5, 5.41) is 13.3. The number of thioether (sulfide) groups is 1. The van der Waals surface area contributed by atoms with Gasteiger partial charge in [0.25, 0.3) is 0 Å². The Hall–Kier alpha value is -2.82. The Balaban J connectivity index is 1.35. The minimum atomic E-state index is -0.0350. The third-order valence-corrected chi connectivity index (χ3v) is 7.53. The molecule has 1 atom stereocenters. The molecule has 1 aliphatic heterocycles. The third kappa shape index (κ3) is 5.07. The van der Waals surface area contributed by atoms with E-state index in [1.807, 2.05) is 55.5 Å². The highest BCUT2D eigenvalue weighted by Crippen LogP contribution is 2.32. The molecule has 0 saturated carbocycles. The summed E-state index contributed by atoms with van der Waals surface area (Å²) in [5.74, 6) is 0.181. The number of thiazole rings is 1. The van der Waals surface area contributed by atoms with E-state index in [-0.39, 0.29) is 17.8 Å². The van der Waals surface area contributed by atoms with Crippen LogP contribution in [0.15, 0.2) is 53.7 Å². The van der Waals surface area contributed by atoms with Crippen LogP contribution in [0.5, 0.6) is 0 Å². The van der Waals surface area contributed by atoms with Crippen molar-refractivity contribution in [2.24, 2.45) is 0 Å². The first-order chi connectivity index (χ1) is 16.2. The zero-order valence-corrected chi connectivity index (χ0v) is 19.9. The van der Waals surface area contributed by atoms with E-state index in [9.17, 15) is 4.79 Å². The Morgan fingerprint density at radius 2 is 2.12 bits per heavy atom. The smallest absolute Gasteiger partial charge is 0.239 e. The topological polar surface area (TPSA) is 86.0 Å². The van der Waals surface area contributed by atoms with Crippen molar-refractivity contribution in [2.45, 2.75) is 44.1 Å². The van der Waals surface area contributed by atoms with Gasteiger partial charge in [0, 0.05) is 6.61 Å². The number of rotatable bonds is 8. The van der Waals surface area contributed by atoms with Gasteiger partial charge in [-0.15, -0.1) is 5.10 Å². The number of fused-ring (bicyclic) bond motifs is 1. The van der Waals surface area contributed by atoms with Crippen molar-refractivity contribution < 1.29 is 9.53 Å². The van der Waals surface area contributed by atoms with Crippen LogP contribution in [0.3, 0.4) is 0 Å². The molecule has 0 spiro atoms. The molecule has 1 unspecified atom stereocenters. The molecule has 4 aromatic rings. The van der Waals surface area contributed by atoms with Crippen LogP contribution in [0.2, 0.25) is 0 Å². The predicted octanol–water partition coefficient (Wildman–Crippen LogP) is 4.10. The van der Waals surface area contributed by atoms with Gasteiger partial charge in [-0.3, -0.25) is 9.69 Å². The monoisotopic (exact) mass is 480 g/mol. The van der Waals surface area contributed by atoms with E-state index in [0.717, 1.165) is 40.8 Å². The van der Waals surface area contributed by atoms with Crippen LogP contribution in [0, 0.1) is 6.92 Å². The van der Waals surface area contributed by atoms with E-state index in [2.05, 4.69) is 15.5 Å². The number of carbonyl (C=O) groups is 1. The lowest BCUT2D eigenvalue weighted by Gasteiger charge is -2.20. The average molecular weight is 481 g/mol. The maximum atomic E-state index is 13.4. The van der Waals surface area contributed by atoms with Crippen molar-refractivity contribution in [3.63, 3.8) is 0 Å². The Morgan fingerprint density at radius 1 is 1.24 bits per heavy atom. The van der Waals surface area contributed by atoms with Crippen molar-refractivity contribution >= 4 is 44.4 Å². The molecule has 33 heavy (non-hydrogen) atoms. The molecule has 1 amide bonds. The molecular weight excluding hydrogens is 456 g/mol. The van der Waals surface area contributed by atoms with Crippen LogP contribution in [-0.4, -0.2) is 49.6 Å². The molecule has 1 saturated heterocycles. The first-order valence-corrected chi connectivity index (χ1v) is 12.7. The summed E-state index contributed by atoms with van der Waals surface area (Å²) in [5.41, 5.74) is 3.09. The van der Waals surface area contributed by atoms with Gasteiger partial charge in [0.05, 0.1) is 35.2 Å². The largest absolute Gasteiger partial charge is 0.376 e. The third-order valence-electron chi connectivity index (χ3n) is 5.55. The van der Waals surface area contributed by atoms with Gasteiger partial charge in [-0.2, -0.15) is 0 Å². The molecule has 0 bridgehead atoms. The summed E-state index contributed by atoms with van der Waals surface area (Å²) in [6.45, 7) is 3.89. The van der Waals surface area contributed by atoms with Gasteiger partial charge >= 0.3 is 0 Å². The number of amides is 1. The number of carbonyl (C=O) groups excluding carboxylic acids is 1. The molecular formula is C23H24N6O2S2. The van der Waals surface area contributed by atoms with Crippen molar-refractivity contribution in [1.29, 1.82) is 0 Å². The van der Waals surface area contributed by atoms with Crippen LogP contribution in [0.25, 0.3) is 10.2 Å². The van der Waals surface area contributed by atoms with Crippen molar-refractivity contribution in [2.75, 3.05) is 17.3 Å². The lowest BCUT2D eigenvalue weighted by molar-refractivity contribution is -0.116. The van der Waals surface area contributed by atoms with E-state index in [4.69, 9.17) is 9.72 Å². The van der Waals surface area contributed by atoms with Gasteiger partial charge in [0.1, 0.15) is 0 Å². The van der Waals surface area contributed by atoms with E-state index >= 15 is 0 Å². The van der Waals surface area contributed by atoms with Crippen LogP contribution in [0.4, 0.5) is 5.13 Å². The molecule has 0 N–H and O–H groups in total. The summed E-state index contributed by atoms with van der Waals surface area (Å²) < 4.78 is 8.51. The number of nitrogens with zero attached hydrogens (tertiary/aromatic N) is 6. The van der Waals surface area contributed by atoms with Crippen LogP contribution < -0.4 is 4.90 Å². The van der Waals surface area contributed by atoms with Gasteiger partial charge < -0.3 is 4.74 Å². The van der Waals surface area contributed by atoms with Crippen molar-refractivity contribution in [3.8, 4) is 0 Å². The fourth-order valence-electron chi connectivity index (χ4n) is 3.82. The molecule has 0 radical (unpaired) electrons. The maximum absolute atomic E-state index is 13.4. The second-order valence-electron chi connectivity index (χ2n) is 7.95. The molecule has 5 rings (SSSR count). The van der Waals surface area contributed by atoms with Crippen LogP contribution >= 0.6 is 23.1 Å². The molecule has 1 aliphatic rings. The standard InChI is InChI=1S/C23H24N6O2S2/c1-16-7-5-11-19-21(16)24-22(33-19)28(13-17-8-3-2-4-9-17)20(30)15-32-23-25-26-27-29(23)14-18-10-6-12-31-18/h2-5,7-9,11,18H,6,10,12-15H2,1H3. The number of aryl methyl sites for hydroxylation is 1. The Morgan fingerprint density at radius 3 is 2.91 bits per heavy atom. The van der Waals surface area contributed by atoms with Gasteiger partial charge in [0.2, 0.25) is 11.1 Å². The number of aromatic nitrogens is 5. The first-order valence-electron chi connectivity index (χ1n) is 10.9. The number of para-hydroxylation sites is 1.